The van der Waals surface area contributed by atoms with Gasteiger partial charge in [-0.1, -0.05) is 37.3 Å². The fraction of sp³-hybridized carbons (Fsp3) is 0.545. The quantitative estimate of drug-likeness (QED) is 0.749. The first-order valence-corrected chi connectivity index (χ1v) is 9.95. The Kier molecular flexibility index (Phi) is 6.00. The Morgan fingerprint density at radius 3 is 2.55 bits per heavy atom. The lowest BCUT2D eigenvalue weighted by Gasteiger charge is -2.54. The van der Waals surface area contributed by atoms with Crippen LogP contribution >= 0.6 is 0 Å². The van der Waals surface area contributed by atoms with Crippen molar-refractivity contribution in [2.45, 2.75) is 45.5 Å². The highest BCUT2D eigenvalue weighted by atomic mass is 16.6. The van der Waals surface area contributed by atoms with Crippen molar-refractivity contribution in [3.63, 3.8) is 0 Å². The predicted molar refractivity (Wildman–Crippen MR) is 106 cm³/mol. The molecular weight excluding hydrogens is 374 g/mol. The Morgan fingerprint density at radius 1 is 1.21 bits per heavy atom. The molecule has 0 saturated carbocycles. The second-order valence-corrected chi connectivity index (χ2v) is 8.26. The lowest BCUT2D eigenvalue weighted by Crippen LogP contribution is -2.63. The molecule has 1 fully saturated rings. The molecule has 1 saturated heterocycles. The molecule has 2 N–H and O–H groups in total. The standard InChI is InChI=1S/C22H29NO6/c1-4-28-18(24)16-12-22(3,27)19(25)21(2)14-23(11-10-17(16)21)20(26)29-13-15-8-6-5-7-9-15/h5-9,12,17,19,25,27H,4,10-11,13-14H2,1-3H3/t17-,19-,21-,22-/m0/s1. The van der Waals surface area contributed by atoms with Crippen LogP contribution in [0.4, 0.5) is 4.79 Å². The highest BCUT2D eigenvalue weighted by Gasteiger charge is 2.57. The van der Waals surface area contributed by atoms with Gasteiger partial charge in [0, 0.05) is 30.0 Å². The third-order valence-electron chi connectivity index (χ3n) is 5.99. The monoisotopic (exact) mass is 403 g/mol. The van der Waals surface area contributed by atoms with E-state index in [-0.39, 0.29) is 25.7 Å². The number of rotatable bonds is 4. The number of aliphatic hydroxyl groups excluding tert-OH is 1. The van der Waals surface area contributed by atoms with Crippen molar-refractivity contribution in [3.05, 3.63) is 47.5 Å². The van der Waals surface area contributed by atoms with Gasteiger partial charge in [0.1, 0.15) is 12.2 Å². The van der Waals surface area contributed by atoms with Crippen LogP contribution in [0.1, 0.15) is 32.8 Å². The number of esters is 1. The van der Waals surface area contributed by atoms with Gasteiger partial charge in [0.25, 0.3) is 0 Å². The van der Waals surface area contributed by atoms with Crippen molar-refractivity contribution in [1.82, 2.24) is 4.90 Å². The minimum Gasteiger partial charge on any atom is -0.463 e. The van der Waals surface area contributed by atoms with Crippen LogP contribution in [0.2, 0.25) is 0 Å². The van der Waals surface area contributed by atoms with Crippen LogP contribution in [-0.2, 0) is 20.9 Å². The number of ether oxygens (including phenoxy) is 2. The van der Waals surface area contributed by atoms with Crippen LogP contribution in [0.3, 0.4) is 0 Å². The Bertz CT molecular complexity index is 790. The van der Waals surface area contributed by atoms with E-state index < -0.39 is 29.2 Å². The maximum absolute atomic E-state index is 12.6. The number of fused-ring (bicyclic) bond motifs is 1. The molecule has 1 heterocycles. The molecule has 0 spiro atoms. The molecule has 1 aliphatic carbocycles. The van der Waals surface area contributed by atoms with E-state index in [0.717, 1.165) is 5.56 Å². The number of benzene rings is 1. The van der Waals surface area contributed by atoms with Crippen molar-refractivity contribution in [2.24, 2.45) is 11.3 Å². The summed E-state index contributed by atoms with van der Waals surface area (Å²) in [5.41, 5.74) is -1.27. The van der Waals surface area contributed by atoms with Gasteiger partial charge in [-0.3, -0.25) is 0 Å². The van der Waals surface area contributed by atoms with E-state index in [9.17, 15) is 19.8 Å². The normalized spacial score (nSPS) is 31.5. The zero-order valence-corrected chi connectivity index (χ0v) is 17.1. The minimum absolute atomic E-state index is 0.157. The Morgan fingerprint density at radius 2 is 1.90 bits per heavy atom. The maximum Gasteiger partial charge on any atom is 0.410 e. The third kappa shape index (κ3) is 4.16. The summed E-state index contributed by atoms with van der Waals surface area (Å²) in [5, 5.41) is 21.6. The van der Waals surface area contributed by atoms with Crippen LogP contribution in [0.5, 0.6) is 0 Å². The molecular formula is C22H29NO6. The van der Waals surface area contributed by atoms with E-state index in [0.29, 0.717) is 18.5 Å². The number of nitrogens with zero attached hydrogens (tertiary/aromatic N) is 1. The molecule has 1 amide bonds. The van der Waals surface area contributed by atoms with Crippen molar-refractivity contribution < 1.29 is 29.3 Å². The highest BCUT2D eigenvalue weighted by Crippen LogP contribution is 2.50. The SMILES string of the molecule is CCOC(=O)C1=C[C@](C)(O)[C@@H](O)[C@@]2(C)CN(C(=O)OCc3ccccc3)CC[C@@H]12. The van der Waals surface area contributed by atoms with Crippen molar-refractivity contribution in [1.29, 1.82) is 0 Å². The third-order valence-corrected chi connectivity index (χ3v) is 5.99. The Hall–Kier alpha value is -2.38. The zero-order valence-electron chi connectivity index (χ0n) is 17.1. The molecule has 158 valence electrons. The summed E-state index contributed by atoms with van der Waals surface area (Å²) in [6.45, 7) is 5.91. The first-order valence-electron chi connectivity index (χ1n) is 9.95. The molecule has 2 aliphatic rings. The van der Waals surface area contributed by atoms with Crippen LogP contribution in [0.15, 0.2) is 42.0 Å². The molecule has 1 aliphatic heterocycles. The van der Waals surface area contributed by atoms with Gasteiger partial charge in [0.15, 0.2) is 0 Å². The van der Waals surface area contributed by atoms with E-state index in [1.165, 1.54) is 17.9 Å². The number of likely N-dealkylation sites (tertiary alicyclic amines) is 1. The first-order chi connectivity index (χ1) is 13.7. The molecule has 0 bridgehead atoms. The van der Waals surface area contributed by atoms with Gasteiger partial charge in [-0.05, 0) is 31.9 Å². The molecule has 7 heteroatoms. The number of amides is 1. The lowest BCUT2D eigenvalue weighted by atomic mass is 9.58. The molecule has 1 aromatic carbocycles. The Balaban J connectivity index is 1.77. The first kappa shape index (κ1) is 21.3. The van der Waals surface area contributed by atoms with E-state index in [1.807, 2.05) is 30.3 Å². The van der Waals surface area contributed by atoms with Crippen molar-refractivity contribution in [2.75, 3.05) is 19.7 Å². The topological polar surface area (TPSA) is 96.3 Å². The molecule has 1 aromatic rings. The molecule has 0 aromatic heterocycles. The summed E-state index contributed by atoms with van der Waals surface area (Å²) in [4.78, 5) is 26.6. The predicted octanol–water partition coefficient (Wildman–Crippen LogP) is 2.27. The molecule has 4 atom stereocenters. The van der Waals surface area contributed by atoms with Crippen LogP contribution in [0.25, 0.3) is 0 Å². The Labute approximate surface area is 170 Å². The fourth-order valence-electron chi connectivity index (χ4n) is 4.55. The summed E-state index contributed by atoms with van der Waals surface area (Å²) >= 11 is 0. The summed E-state index contributed by atoms with van der Waals surface area (Å²) in [5.74, 6) is -0.814. The highest BCUT2D eigenvalue weighted by molar-refractivity contribution is 5.90. The number of carbonyl (C=O) groups is 2. The minimum atomic E-state index is -1.61. The lowest BCUT2D eigenvalue weighted by molar-refractivity contribution is -0.154. The molecule has 0 unspecified atom stereocenters. The van der Waals surface area contributed by atoms with E-state index in [2.05, 4.69) is 0 Å². The maximum atomic E-state index is 12.6. The average molecular weight is 403 g/mol. The van der Waals surface area contributed by atoms with E-state index in [4.69, 9.17) is 9.47 Å². The van der Waals surface area contributed by atoms with Gasteiger partial charge in [-0.25, -0.2) is 9.59 Å². The van der Waals surface area contributed by atoms with Gasteiger partial charge in [0.2, 0.25) is 0 Å². The van der Waals surface area contributed by atoms with Crippen LogP contribution in [-0.4, -0.2) is 58.6 Å². The fourth-order valence-corrected chi connectivity index (χ4v) is 4.55. The average Bonchev–Trinajstić information content (AvgIpc) is 2.70. The second kappa shape index (κ2) is 8.16. The van der Waals surface area contributed by atoms with Gasteiger partial charge < -0.3 is 24.6 Å². The number of carbonyl (C=O) groups excluding carboxylic acids is 2. The number of hydrogen-bond donors (Lipinski definition) is 2. The van der Waals surface area contributed by atoms with Crippen LogP contribution < -0.4 is 0 Å². The molecule has 0 radical (unpaired) electrons. The van der Waals surface area contributed by atoms with Gasteiger partial charge in [0.05, 0.1) is 12.7 Å². The van der Waals surface area contributed by atoms with Gasteiger partial charge in [-0.15, -0.1) is 0 Å². The molecule has 29 heavy (non-hydrogen) atoms. The zero-order chi connectivity index (χ0) is 21.2. The molecule has 3 rings (SSSR count). The van der Waals surface area contributed by atoms with E-state index >= 15 is 0 Å². The van der Waals surface area contributed by atoms with E-state index in [1.54, 1.807) is 13.8 Å². The smallest absolute Gasteiger partial charge is 0.410 e. The van der Waals surface area contributed by atoms with Crippen LogP contribution in [0, 0.1) is 11.3 Å². The second-order valence-electron chi connectivity index (χ2n) is 8.26. The summed E-state index contributed by atoms with van der Waals surface area (Å²) in [7, 11) is 0. The number of hydrogen-bond acceptors (Lipinski definition) is 6. The van der Waals surface area contributed by atoms with Gasteiger partial charge in [-0.2, -0.15) is 0 Å². The van der Waals surface area contributed by atoms with Crippen molar-refractivity contribution >= 4 is 12.1 Å². The van der Waals surface area contributed by atoms with Gasteiger partial charge >= 0.3 is 12.1 Å². The summed E-state index contributed by atoms with van der Waals surface area (Å²) in [6.07, 6.45) is 0.246. The number of aliphatic hydroxyl groups is 2. The number of piperidine rings is 1. The van der Waals surface area contributed by atoms with Crippen molar-refractivity contribution in [3.8, 4) is 0 Å². The summed E-state index contributed by atoms with van der Waals surface area (Å²) in [6, 6.07) is 9.39. The largest absolute Gasteiger partial charge is 0.463 e. The summed E-state index contributed by atoms with van der Waals surface area (Å²) < 4.78 is 10.6. The molecule has 7 nitrogen and oxygen atoms in total.